The first-order valence-corrected chi connectivity index (χ1v) is 5.57. The topological polar surface area (TPSA) is 8.17 Å². The van der Waals surface area contributed by atoms with Crippen LogP contribution >= 0.6 is 0 Å². The van der Waals surface area contributed by atoms with E-state index in [2.05, 4.69) is 36.9 Å². The Bertz CT molecular complexity index is 323. The Kier molecular flexibility index (Phi) is 2.53. The van der Waals surface area contributed by atoms with Crippen molar-refractivity contribution >= 4 is 0 Å². The predicted molar refractivity (Wildman–Crippen MR) is 60.5 cm³/mol. The van der Waals surface area contributed by atoms with Gasteiger partial charge in [0.2, 0.25) is 0 Å². The highest BCUT2D eigenvalue weighted by Crippen LogP contribution is 2.24. The van der Waals surface area contributed by atoms with Crippen LogP contribution < -0.4 is 5.01 Å². The molecule has 0 aromatic carbocycles. The fourth-order valence-corrected chi connectivity index (χ4v) is 2.44. The third-order valence-corrected chi connectivity index (χ3v) is 3.19. The molecule has 1 aliphatic rings. The molecule has 0 saturated heterocycles. The third kappa shape index (κ3) is 1.54. The third-order valence-electron chi connectivity index (χ3n) is 3.19. The SMILES string of the molecule is Cc1cn(N(C)C)c2c1CCCCC2. The first-order valence-electron chi connectivity index (χ1n) is 5.57. The zero-order chi connectivity index (χ0) is 10.1. The molecule has 2 heteroatoms. The zero-order valence-corrected chi connectivity index (χ0v) is 9.51. The summed E-state index contributed by atoms with van der Waals surface area (Å²) in [6, 6.07) is 0. The van der Waals surface area contributed by atoms with Crippen molar-refractivity contribution in [1.29, 1.82) is 0 Å². The highest BCUT2D eigenvalue weighted by atomic mass is 15.5. The summed E-state index contributed by atoms with van der Waals surface area (Å²) in [6.07, 6.45) is 8.91. The Morgan fingerprint density at radius 1 is 1.14 bits per heavy atom. The van der Waals surface area contributed by atoms with Crippen LogP contribution in [-0.2, 0) is 12.8 Å². The Balaban J connectivity index is 2.44. The molecule has 0 bridgehead atoms. The minimum atomic E-state index is 1.25. The zero-order valence-electron chi connectivity index (χ0n) is 9.51. The fraction of sp³-hybridized carbons (Fsp3) is 0.667. The van der Waals surface area contributed by atoms with Gasteiger partial charge in [-0.05, 0) is 43.7 Å². The van der Waals surface area contributed by atoms with E-state index in [-0.39, 0.29) is 0 Å². The van der Waals surface area contributed by atoms with Crippen molar-refractivity contribution in [3.05, 3.63) is 23.0 Å². The van der Waals surface area contributed by atoms with E-state index in [1.165, 1.54) is 37.7 Å². The average molecular weight is 192 g/mol. The Morgan fingerprint density at radius 2 is 1.86 bits per heavy atom. The summed E-state index contributed by atoms with van der Waals surface area (Å²) in [4.78, 5) is 0. The molecule has 0 saturated carbocycles. The van der Waals surface area contributed by atoms with Crippen LogP contribution in [0.5, 0.6) is 0 Å². The number of fused-ring (bicyclic) bond motifs is 1. The molecule has 14 heavy (non-hydrogen) atoms. The molecule has 0 atom stereocenters. The molecule has 2 nitrogen and oxygen atoms in total. The van der Waals surface area contributed by atoms with Crippen molar-refractivity contribution in [1.82, 2.24) is 4.68 Å². The number of nitrogens with zero attached hydrogens (tertiary/aromatic N) is 2. The maximum atomic E-state index is 2.32. The van der Waals surface area contributed by atoms with Crippen LogP contribution in [0, 0.1) is 6.92 Å². The Morgan fingerprint density at radius 3 is 2.57 bits per heavy atom. The van der Waals surface area contributed by atoms with E-state index >= 15 is 0 Å². The molecule has 0 unspecified atom stereocenters. The minimum absolute atomic E-state index is 1.25. The maximum Gasteiger partial charge on any atom is 0.0430 e. The van der Waals surface area contributed by atoms with Crippen LogP contribution in [0.1, 0.15) is 36.1 Å². The lowest BCUT2D eigenvalue weighted by molar-refractivity contribution is 0.657. The van der Waals surface area contributed by atoms with Gasteiger partial charge in [-0.3, -0.25) is 4.68 Å². The monoisotopic (exact) mass is 192 g/mol. The minimum Gasteiger partial charge on any atom is -0.319 e. The number of hydrogen-bond donors (Lipinski definition) is 0. The van der Waals surface area contributed by atoms with Crippen LogP contribution in [0.4, 0.5) is 0 Å². The lowest BCUT2D eigenvalue weighted by Crippen LogP contribution is -2.26. The van der Waals surface area contributed by atoms with Crippen LogP contribution in [0.3, 0.4) is 0 Å². The number of rotatable bonds is 1. The molecule has 78 valence electrons. The molecule has 0 aliphatic heterocycles. The maximum absolute atomic E-state index is 2.32. The quantitative estimate of drug-likeness (QED) is 0.620. The summed E-state index contributed by atoms with van der Waals surface area (Å²) in [6.45, 7) is 2.24. The summed E-state index contributed by atoms with van der Waals surface area (Å²) in [5.41, 5.74) is 4.62. The molecule has 0 N–H and O–H groups in total. The van der Waals surface area contributed by atoms with Crippen LogP contribution in [-0.4, -0.2) is 18.8 Å². The van der Waals surface area contributed by atoms with E-state index in [1.807, 2.05) is 0 Å². The van der Waals surface area contributed by atoms with Gasteiger partial charge >= 0.3 is 0 Å². The smallest absolute Gasteiger partial charge is 0.0430 e. The van der Waals surface area contributed by atoms with Crippen molar-refractivity contribution in [3.63, 3.8) is 0 Å². The largest absolute Gasteiger partial charge is 0.319 e. The van der Waals surface area contributed by atoms with E-state index in [9.17, 15) is 0 Å². The first kappa shape index (κ1) is 9.63. The normalized spacial score (nSPS) is 16.2. The van der Waals surface area contributed by atoms with Crippen LogP contribution in [0.2, 0.25) is 0 Å². The molecule has 1 aromatic heterocycles. The van der Waals surface area contributed by atoms with E-state index in [4.69, 9.17) is 0 Å². The van der Waals surface area contributed by atoms with Gasteiger partial charge in [-0.2, -0.15) is 0 Å². The summed E-state index contributed by atoms with van der Waals surface area (Å²) in [5, 5.41) is 2.18. The van der Waals surface area contributed by atoms with Crippen molar-refractivity contribution in [3.8, 4) is 0 Å². The molecule has 0 spiro atoms. The molecule has 0 amide bonds. The fourth-order valence-electron chi connectivity index (χ4n) is 2.44. The summed E-state index contributed by atoms with van der Waals surface area (Å²) < 4.78 is 2.32. The van der Waals surface area contributed by atoms with Gasteiger partial charge in [-0.25, -0.2) is 0 Å². The van der Waals surface area contributed by atoms with E-state index < -0.39 is 0 Å². The first-order chi connectivity index (χ1) is 6.70. The van der Waals surface area contributed by atoms with Crippen molar-refractivity contribution in [2.45, 2.75) is 39.0 Å². The van der Waals surface area contributed by atoms with Gasteiger partial charge in [-0.15, -0.1) is 0 Å². The summed E-state index contributed by atoms with van der Waals surface area (Å²) in [5.74, 6) is 0. The van der Waals surface area contributed by atoms with E-state index in [1.54, 1.807) is 11.3 Å². The van der Waals surface area contributed by atoms with Gasteiger partial charge in [0.25, 0.3) is 0 Å². The molecule has 1 aliphatic carbocycles. The predicted octanol–water partition coefficient (Wildman–Crippen LogP) is 2.26. The molecule has 0 fully saturated rings. The van der Waals surface area contributed by atoms with Crippen molar-refractivity contribution in [2.24, 2.45) is 0 Å². The Labute approximate surface area is 86.5 Å². The second kappa shape index (κ2) is 3.68. The number of aryl methyl sites for hydroxylation is 1. The molecular weight excluding hydrogens is 172 g/mol. The van der Waals surface area contributed by atoms with Gasteiger partial charge in [-0.1, -0.05) is 6.42 Å². The number of hydrogen-bond acceptors (Lipinski definition) is 1. The standard InChI is InChI=1S/C12H20N2/c1-10-9-14(13(2)3)12-8-6-4-5-7-11(10)12/h9H,4-8H2,1-3H3. The molecule has 2 rings (SSSR count). The average Bonchev–Trinajstić information content (AvgIpc) is 2.38. The molecular formula is C12H20N2. The van der Waals surface area contributed by atoms with Crippen LogP contribution in [0.25, 0.3) is 0 Å². The van der Waals surface area contributed by atoms with E-state index in [0.29, 0.717) is 0 Å². The van der Waals surface area contributed by atoms with Crippen LogP contribution in [0.15, 0.2) is 6.20 Å². The second-order valence-corrected chi connectivity index (χ2v) is 4.49. The van der Waals surface area contributed by atoms with Gasteiger partial charge in [0.05, 0.1) is 0 Å². The number of aromatic nitrogens is 1. The molecule has 0 radical (unpaired) electrons. The second-order valence-electron chi connectivity index (χ2n) is 4.49. The summed E-state index contributed by atoms with van der Waals surface area (Å²) in [7, 11) is 4.23. The molecule has 1 heterocycles. The lowest BCUT2D eigenvalue weighted by Gasteiger charge is -2.18. The lowest BCUT2D eigenvalue weighted by atomic mass is 10.1. The van der Waals surface area contributed by atoms with Crippen molar-refractivity contribution in [2.75, 3.05) is 19.1 Å². The van der Waals surface area contributed by atoms with Gasteiger partial charge < -0.3 is 5.01 Å². The highest BCUT2D eigenvalue weighted by molar-refractivity contribution is 5.33. The highest BCUT2D eigenvalue weighted by Gasteiger charge is 2.16. The van der Waals surface area contributed by atoms with E-state index in [0.717, 1.165) is 0 Å². The summed E-state index contributed by atoms with van der Waals surface area (Å²) >= 11 is 0. The van der Waals surface area contributed by atoms with Crippen molar-refractivity contribution < 1.29 is 0 Å². The molecule has 1 aromatic rings. The van der Waals surface area contributed by atoms with Gasteiger partial charge in [0.1, 0.15) is 0 Å². The Hall–Kier alpha value is -0.920. The van der Waals surface area contributed by atoms with Gasteiger partial charge in [0, 0.05) is 26.0 Å². The van der Waals surface area contributed by atoms with Gasteiger partial charge in [0.15, 0.2) is 0 Å².